The van der Waals surface area contributed by atoms with Crippen molar-refractivity contribution in [1.82, 2.24) is 14.5 Å². The van der Waals surface area contributed by atoms with Crippen LogP contribution in [-0.4, -0.2) is 25.6 Å². The van der Waals surface area contributed by atoms with Gasteiger partial charge >= 0.3 is 5.97 Å². The summed E-state index contributed by atoms with van der Waals surface area (Å²) in [6.07, 6.45) is 3.27. The number of rotatable bonds is 3. The second-order valence-corrected chi connectivity index (χ2v) is 3.90. The van der Waals surface area contributed by atoms with Gasteiger partial charge in [0.2, 0.25) is 0 Å². The van der Waals surface area contributed by atoms with Crippen LogP contribution in [0.15, 0.2) is 24.7 Å². The van der Waals surface area contributed by atoms with E-state index in [1.807, 2.05) is 18.4 Å². The first-order valence-electron chi connectivity index (χ1n) is 5.24. The minimum Gasteiger partial charge on any atom is -0.477 e. The average molecular weight is 231 g/mol. The molecule has 2 aromatic heterocycles. The van der Waals surface area contributed by atoms with Gasteiger partial charge in [-0.1, -0.05) is 0 Å². The SMILES string of the molecule is Cc1ncn(Cc2ccnc(C(=O)O)c2)c1C. The molecule has 0 aliphatic carbocycles. The highest BCUT2D eigenvalue weighted by molar-refractivity contribution is 5.85. The fraction of sp³-hybridized carbons (Fsp3) is 0.250. The van der Waals surface area contributed by atoms with E-state index in [1.54, 1.807) is 18.5 Å². The molecule has 0 aromatic carbocycles. The minimum atomic E-state index is -1.01. The summed E-state index contributed by atoms with van der Waals surface area (Å²) >= 11 is 0. The minimum absolute atomic E-state index is 0.0667. The lowest BCUT2D eigenvalue weighted by atomic mass is 10.2. The molecule has 0 radical (unpaired) electrons. The molecule has 0 bridgehead atoms. The highest BCUT2D eigenvalue weighted by atomic mass is 16.4. The van der Waals surface area contributed by atoms with Crippen molar-refractivity contribution >= 4 is 5.97 Å². The topological polar surface area (TPSA) is 68.0 Å². The molecule has 17 heavy (non-hydrogen) atoms. The Bertz CT molecular complexity index is 561. The van der Waals surface area contributed by atoms with Gasteiger partial charge in [-0.15, -0.1) is 0 Å². The van der Waals surface area contributed by atoms with Crippen molar-refractivity contribution in [3.05, 3.63) is 47.3 Å². The third-order valence-electron chi connectivity index (χ3n) is 2.74. The van der Waals surface area contributed by atoms with E-state index < -0.39 is 5.97 Å². The molecule has 0 fully saturated rings. The third-order valence-corrected chi connectivity index (χ3v) is 2.74. The molecular formula is C12H13N3O2. The van der Waals surface area contributed by atoms with Crippen LogP contribution < -0.4 is 0 Å². The molecule has 0 atom stereocenters. The second-order valence-electron chi connectivity index (χ2n) is 3.90. The number of carboxylic acid groups (broad SMARTS) is 1. The first-order valence-corrected chi connectivity index (χ1v) is 5.24. The summed E-state index contributed by atoms with van der Waals surface area (Å²) in [4.78, 5) is 18.8. The van der Waals surface area contributed by atoms with Crippen molar-refractivity contribution in [2.75, 3.05) is 0 Å². The second kappa shape index (κ2) is 4.37. The monoisotopic (exact) mass is 231 g/mol. The van der Waals surface area contributed by atoms with Gasteiger partial charge in [0.1, 0.15) is 5.69 Å². The van der Waals surface area contributed by atoms with E-state index in [-0.39, 0.29) is 5.69 Å². The largest absolute Gasteiger partial charge is 0.477 e. The molecule has 5 heteroatoms. The zero-order valence-electron chi connectivity index (χ0n) is 9.71. The molecule has 2 aromatic rings. The van der Waals surface area contributed by atoms with Gasteiger partial charge in [-0.3, -0.25) is 0 Å². The van der Waals surface area contributed by atoms with Crippen molar-refractivity contribution in [3.63, 3.8) is 0 Å². The first-order chi connectivity index (χ1) is 8.08. The lowest BCUT2D eigenvalue weighted by Crippen LogP contribution is -2.04. The Morgan fingerprint density at radius 3 is 2.76 bits per heavy atom. The summed E-state index contributed by atoms with van der Waals surface area (Å²) < 4.78 is 1.98. The molecule has 0 amide bonds. The van der Waals surface area contributed by atoms with Crippen molar-refractivity contribution in [1.29, 1.82) is 0 Å². The van der Waals surface area contributed by atoms with E-state index in [9.17, 15) is 4.79 Å². The molecule has 5 nitrogen and oxygen atoms in total. The molecule has 0 aliphatic rings. The van der Waals surface area contributed by atoms with E-state index in [4.69, 9.17) is 5.11 Å². The Morgan fingerprint density at radius 1 is 1.41 bits per heavy atom. The Kier molecular flexibility index (Phi) is 2.91. The van der Waals surface area contributed by atoms with Gasteiger partial charge < -0.3 is 9.67 Å². The molecule has 1 N–H and O–H groups in total. The predicted molar refractivity (Wildman–Crippen MR) is 62.0 cm³/mol. The number of aromatic carboxylic acids is 1. The van der Waals surface area contributed by atoms with E-state index in [1.165, 1.54) is 6.20 Å². The van der Waals surface area contributed by atoms with Crippen molar-refractivity contribution in [2.24, 2.45) is 0 Å². The number of hydrogen-bond donors (Lipinski definition) is 1. The van der Waals surface area contributed by atoms with Crippen molar-refractivity contribution in [2.45, 2.75) is 20.4 Å². The summed E-state index contributed by atoms with van der Waals surface area (Å²) in [5.41, 5.74) is 3.03. The van der Waals surface area contributed by atoms with Crippen molar-refractivity contribution in [3.8, 4) is 0 Å². The van der Waals surface area contributed by atoms with E-state index in [2.05, 4.69) is 9.97 Å². The number of aryl methyl sites for hydroxylation is 1. The molecule has 2 rings (SSSR count). The van der Waals surface area contributed by atoms with Gasteiger partial charge in [0, 0.05) is 18.4 Å². The van der Waals surface area contributed by atoms with Gasteiger partial charge in [-0.2, -0.15) is 0 Å². The Hall–Kier alpha value is -2.17. The van der Waals surface area contributed by atoms with Gasteiger partial charge in [-0.05, 0) is 31.5 Å². The molecular weight excluding hydrogens is 218 g/mol. The van der Waals surface area contributed by atoms with Gasteiger partial charge in [0.05, 0.1) is 12.0 Å². The van der Waals surface area contributed by atoms with Gasteiger partial charge in [0.25, 0.3) is 0 Å². The molecule has 88 valence electrons. The smallest absolute Gasteiger partial charge is 0.354 e. The van der Waals surface area contributed by atoms with Crippen LogP contribution in [0.5, 0.6) is 0 Å². The van der Waals surface area contributed by atoms with Crippen LogP contribution in [0.2, 0.25) is 0 Å². The van der Waals surface area contributed by atoms with Gasteiger partial charge in [-0.25, -0.2) is 14.8 Å². The lowest BCUT2D eigenvalue weighted by Gasteiger charge is -2.06. The predicted octanol–water partition coefficient (Wildman–Crippen LogP) is 1.64. The number of aromatic nitrogens is 3. The van der Waals surface area contributed by atoms with Crippen LogP contribution in [0.4, 0.5) is 0 Å². The van der Waals surface area contributed by atoms with Gasteiger partial charge in [0.15, 0.2) is 0 Å². The molecule has 0 aliphatic heterocycles. The van der Waals surface area contributed by atoms with Crippen LogP contribution >= 0.6 is 0 Å². The Labute approximate surface area is 98.8 Å². The van der Waals surface area contributed by atoms with Crippen LogP contribution in [-0.2, 0) is 6.54 Å². The van der Waals surface area contributed by atoms with E-state index in [0.717, 1.165) is 17.0 Å². The highest BCUT2D eigenvalue weighted by Crippen LogP contribution is 2.09. The normalized spacial score (nSPS) is 10.5. The summed E-state index contributed by atoms with van der Waals surface area (Å²) in [6, 6.07) is 3.39. The van der Waals surface area contributed by atoms with Crippen LogP contribution in [0.25, 0.3) is 0 Å². The van der Waals surface area contributed by atoms with Crippen LogP contribution in [0.3, 0.4) is 0 Å². The summed E-state index contributed by atoms with van der Waals surface area (Å²) in [5.74, 6) is -1.01. The highest BCUT2D eigenvalue weighted by Gasteiger charge is 2.07. The fourth-order valence-electron chi connectivity index (χ4n) is 1.59. The first kappa shape index (κ1) is 11.3. The van der Waals surface area contributed by atoms with E-state index in [0.29, 0.717) is 6.54 Å². The zero-order valence-corrected chi connectivity index (χ0v) is 9.71. The summed E-state index contributed by atoms with van der Waals surface area (Å²) in [7, 11) is 0. The standard InChI is InChI=1S/C12H13N3O2/c1-8-9(2)15(7-14-8)6-10-3-4-13-11(5-10)12(16)17/h3-5,7H,6H2,1-2H3,(H,16,17). The Morgan fingerprint density at radius 2 is 2.18 bits per heavy atom. The van der Waals surface area contributed by atoms with E-state index >= 15 is 0 Å². The maximum Gasteiger partial charge on any atom is 0.354 e. The van der Waals surface area contributed by atoms with Crippen LogP contribution in [0, 0.1) is 13.8 Å². The molecule has 0 unspecified atom stereocenters. The molecule has 2 heterocycles. The third kappa shape index (κ3) is 2.33. The number of pyridine rings is 1. The number of nitrogens with zero attached hydrogens (tertiary/aromatic N) is 3. The molecule has 0 saturated carbocycles. The Balaban J connectivity index is 2.27. The zero-order chi connectivity index (χ0) is 12.4. The number of carboxylic acids is 1. The molecule has 0 spiro atoms. The maximum atomic E-state index is 10.8. The quantitative estimate of drug-likeness (QED) is 0.871. The summed E-state index contributed by atoms with van der Waals surface area (Å²) in [5, 5.41) is 8.85. The lowest BCUT2D eigenvalue weighted by molar-refractivity contribution is 0.0690. The number of hydrogen-bond acceptors (Lipinski definition) is 3. The maximum absolute atomic E-state index is 10.8. The van der Waals surface area contributed by atoms with Crippen molar-refractivity contribution < 1.29 is 9.90 Å². The van der Waals surface area contributed by atoms with Crippen LogP contribution in [0.1, 0.15) is 27.4 Å². The number of imidazole rings is 1. The average Bonchev–Trinajstić information content (AvgIpc) is 2.61. The summed E-state index contributed by atoms with van der Waals surface area (Å²) in [6.45, 7) is 4.54. The number of carbonyl (C=O) groups is 1. The fourth-order valence-corrected chi connectivity index (χ4v) is 1.59. The molecule has 0 saturated heterocycles.